The van der Waals surface area contributed by atoms with Crippen LogP contribution in [-0.4, -0.2) is 42.5 Å². The maximum atomic E-state index is 12.0. The number of carbonyl (C=O) groups excluding carboxylic acids is 2. The lowest BCUT2D eigenvalue weighted by Crippen LogP contribution is -2.38. The van der Waals surface area contributed by atoms with Crippen molar-refractivity contribution < 1.29 is 14.3 Å². The van der Waals surface area contributed by atoms with Crippen molar-refractivity contribution in [3.63, 3.8) is 0 Å². The second-order valence-corrected chi connectivity index (χ2v) is 5.53. The highest BCUT2D eigenvalue weighted by molar-refractivity contribution is 5.82. The number of nitrogens with zero attached hydrogens (tertiary/aromatic N) is 2. The first-order chi connectivity index (χ1) is 11.1. The molecule has 6 nitrogen and oxygen atoms in total. The van der Waals surface area contributed by atoms with Crippen molar-refractivity contribution in [2.45, 2.75) is 32.3 Å². The van der Waals surface area contributed by atoms with Crippen LogP contribution < -0.4 is 10.1 Å². The third-order valence-corrected chi connectivity index (χ3v) is 3.76. The lowest BCUT2D eigenvalue weighted by atomic mass is 10.2. The van der Waals surface area contributed by atoms with E-state index in [9.17, 15) is 9.59 Å². The van der Waals surface area contributed by atoms with E-state index in [4.69, 9.17) is 10.00 Å². The molecule has 2 amide bonds. The normalized spacial score (nSPS) is 14.9. The van der Waals surface area contributed by atoms with E-state index in [1.54, 1.807) is 31.2 Å². The lowest BCUT2D eigenvalue weighted by Gasteiger charge is -2.17. The second-order valence-electron chi connectivity index (χ2n) is 5.53. The zero-order valence-corrected chi connectivity index (χ0v) is 13.2. The first-order valence-electron chi connectivity index (χ1n) is 7.82. The van der Waals surface area contributed by atoms with Gasteiger partial charge in [0.15, 0.2) is 6.10 Å². The third-order valence-electron chi connectivity index (χ3n) is 3.76. The molecule has 1 unspecified atom stereocenters. The first-order valence-corrected chi connectivity index (χ1v) is 7.82. The van der Waals surface area contributed by atoms with Crippen LogP contribution in [0.1, 0.15) is 31.7 Å². The Morgan fingerprint density at radius 3 is 2.57 bits per heavy atom. The van der Waals surface area contributed by atoms with Crippen molar-refractivity contribution in [1.29, 1.82) is 5.26 Å². The van der Waals surface area contributed by atoms with E-state index in [1.807, 2.05) is 11.0 Å². The van der Waals surface area contributed by atoms with Gasteiger partial charge in [0.25, 0.3) is 5.91 Å². The summed E-state index contributed by atoms with van der Waals surface area (Å²) in [7, 11) is 0. The highest BCUT2D eigenvalue weighted by atomic mass is 16.5. The number of amides is 2. The molecule has 1 aromatic rings. The average molecular weight is 315 g/mol. The van der Waals surface area contributed by atoms with Crippen molar-refractivity contribution in [3.8, 4) is 11.8 Å². The molecular formula is C17H21N3O3. The molecule has 0 radical (unpaired) electrons. The van der Waals surface area contributed by atoms with Gasteiger partial charge in [-0.25, -0.2) is 0 Å². The van der Waals surface area contributed by atoms with E-state index in [1.165, 1.54) is 0 Å². The van der Waals surface area contributed by atoms with E-state index in [0.29, 0.717) is 24.3 Å². The van der Waals surface area contributed by atoms with Crippen molar-refractivity contribution in [2.75, 3.05) is 19.6 Å². The zero-order valence-electron chi connectivity index (χ0n) is 13.2. The summed E-state index contributed by atoms with van der Waals surface area (Å²) < 4.78 is 5.52. The summed E-state index contributed by atoms with van der Waals surface area (Å²) in [5.74, 6) is 0.354. The lowest BCUT2D eigenvalue weighted by molar-refractivity contribution is -0.130. The molecule has 122 valence electrons. The van der Waals surface area contributed by atoms with Crippen LogP contribution in [0.4, 0.5) is 0 Å². The highest BCUT2D eigenvalue weighted by Gasteiger charge is 2.19. The molecule has 1 N–H and O–H groups in total. The minimum atomic E-state index is -0.662. The number of rotatable bonds is 6. The molecule has 1 aliphatic heterocycles. The molecule has 0 spiro atoms. The van der Waals surface area contributed by atoms with Gasteiger partial charge in [0.05, 0.1) is 11.6 Å². The first kappa shape index (κ1) is 16.8. The number of likely N-dealkylation sites (tertiary alicyclic amines) is 1. The highest BCUT2D eigenvalue weighted by Crippen LogP contribution is 2.13. The van der Waals surface area contributed by atoms with Gasteiger partial charge >= 0.3 is 0 Å². The van der Waals surface area contributed by atoms with Gasteiger partial charge in [0, 0.05) is 26.1 Å². The fraction of sp³-hybridized carbons (Fsp3) is 0.471. The van der Waals surface area contributed by atoms with Gasteiger partial charge in [-0.05, 0) is 44.0 Å². The molecule has 23 heavy (non-hydrogen) atoms. The number of hydrogen-bond donors (Lipinski definition) is 1. The Labute approximate surface area is 136 Å². The van der Waals surface area contributed by atoms with Gasteiger partial charge in [0.2, 0.25) is 5.91 Å². The van der Waals surface area contributed by atoms with Crippen LogP contribution in [0.25, 0.3) is 0 Å². The fourth-order valence-corrected chi connectivity index (χ4v) is 2.43. The molecule has 0 saturated carbocycles. The third kappa shape index (κ3) is 4.99. The molecule has 0 aliphatic carbocycles. The summed E-state index contributed by atoms with van der Waals surface area (Å²) in [5.41, 5.74) is 0.537. The van der Waals surface area contributed by atoms with E-state index < -0.39 is 6.10 Å². The van der Waals surface area contributed by atoms with Gasteiger partial charge < -0.3 is 15.0 Å². The Morgan fingerprint density at radius 1 is 1.30 bits per heavy atom. The predicted octanol–water partition coefficient (Wildman–Crippen LogP) is 1.45. The summed E-state index contributed by atoms with van der Waals surface area (Å²) >= 11 is 0. The van der Waals surface area contributed by atoms with Crippen molar-refractivity contribution in [2.24, 2.45) is 0 Å². The molecule has 1 fully saturated rings. The number of hydrogen-bond acceptors (Lipinski definition) is 4. The van der Waals surface area contributed by atoms with Crippen molar-refractivity contribution >= 4 is 11.8 Å². The smallest absolute Gasteiger partial charge is 0.260 e. The Bertz CT molecular complexity index is 586. The zero-order chi connectivity index (χ0) is 16.7. The Morgan fingerprint density at radius 2 is 1.96 bits per heavy atom. The standard InChI is InChI=1S/C17H21N3O3/c1-13(23-15-6-4-14(12-18)5-7-15)17(22)19-9-8-16(21)20-10-2-3-11-20/h4-7,13H,2-3,8-11H2,1H3,(H,19,22). The maximum absolute atomic E-state index is 12.0. The van der Waals surface area contributed by atoms with Crippen LogP contribution in [0, 0.1) is 11.3 Å². The summed E-state index contributed by atoms with van der Waals surface area (Å²) in [4.78, 5) is 25.7. The van der Waals surface area contributed by atoms with Gasteiger partial charge in [-0.2, -0.15) is 5.26 Å². The summed E-state index contributed by atoms with van der Waals surface area (Å²) in [5, 5.41) is 11.4. The molecule has 2 rings (SSSR count). The number of carbonyl (C=O) groups is 2. The van der Waals surface area contributed by atoms with Crippen LogP contribution in [0.3, 0.4) is 0 Å². The quantitative estimate of drug-likeness (QED) is 0.861. The summed E-state index contributed by atoms with van der Waals surface area (Å²) in [6.45, 7) is 3.61. The van der Waals surface area contributed by atoms with Gasteiger partial charge in [0.1, 0.15) is 5.75 Å². The topological polar surface area (TPSA) is 82.4 Å². The van der Waals surface area contributed by atoms with Gasteiger partial charge in [-0.1, -0.05) is 0 Å². The molecule has 1 aromatic carbocycles. The molecular weight excluding hydrogens is 294 g/mol. The predicted molar refractivity (Wildman–Crippen MR) is 84.7 cm³/mol. The molecule has 1 aliphatic rings. The van der Waals surface area contributed by atoms with E-state index >= 15 is 0 Å². The number of nitriles is 1. The largest absolute Gasteiger partial charge is 0.481 e. The molecule has 0 bridgehead atoms. The second kappa shape index (κ2) is 8.18. The average Bonchev–Trinajstić information content (AvgIpc) is 3.10. The van der Waals surface area contributed by atoms with Gasteiger partial charge in [-0.15, -0.1) is 0 Å². The Kier molecular flexibility index (Phi) is 5.98. The van der Waals surface area contributed by atoms with Crippen LogP contribution in [0.5, 0.6) is 5.75 Å². The summed E-state index contributed by atoms with van der Waals surface area (Å²) in [6.07, 6.45) is 1.78. The Hall–Kier alpha value is -2.55. The fourth-order valence-electron chi connectivity index (χ4n) is 2.43. The van der Waals surface area contributed by atoms with E-state index in [0.717, 1.165) is 25.9 Å². The number of ether oxygens (including phenoxy) is 1. The minimum Gasteiger partial charge on any atom is -0.481 e. The van der Waals surface area contributed by atoms with Crippen LogP contribution >= 0.6 is 0 Å². The Balaban J connectivity index is 1.71. The van der Waals surface area contributed by atoms with E-state index in [2.05, 4.69) is 5.32 Å². The number of nitrogens with one attached hydrogen (secondary N) is 1. The van der Waals surface area contributed by atoms with Gasteiger partial charge in [-0.3, -0.25) is 9.59 Å². The molecule has 1 saturated heterocycles. The molecule has 6 heteroatoms. The maximum Gasteiger partial charge on any atom is 0.260 e. The van der Waals surface area contributed by atoms with Crippen molar-refractivity contribution in [3.05, 3.63) is 29.8 Å². The van der Waals surface area contributed by atoms with Crippen LogP contribution in [-0.2, 0) is 9.59 Å². The SMILES string of the molecule is CC(Oc1ccc(C#N)cc1)C(=O)NCCC(=O)N1CCCC1. The van der Waals surface area contributed by atoms with Crippen molar-refractivity contribution in [1.82, 2.24) is 10.2 Å². The minimum absolute atomic E-state index is 0.0865. The molecule has 1 heterocycles. The number of benzene rings is 1. The van der Waals surface area contributed by atoms with E-state index in [-0.39, 0.29) is 11.8 Å². The monoisotopic (exact) mass is 315 g/mol. The van der Waals surface area contributed by atoms with Crippen LogP contribution in [0.15, 0.2) is 24.3 Å². The molecule has 0 aromatic heterocycles. The summed E-state index contributed by atoms with van der Waals surface area (Å²) in [6, 6.07) is 8.59. The van der Waals surface area contributed by atoms with Crippen LogP contribution in [0.2, 0.25) is 0 Å². The molecule has 1 atom stereocenters.